The van der Waals surface area contributed by atoms with Gasteiger partial charge >= 0.3 is 0 Å². The molecule has 2 nitrogen and oxygen atoms in total. The molecule has 1 aliphatic heterocycles. The molecule has 3 heteroatoms. The lowest BCUT2D eigenvalue weighted by Crippen LogP contribution is -2.36. The van der Waals surface area contributed by atoms with Crippen LogP contribution in [0.3, 0.4) is 0 Å². The van der Waals surface area contributed by atoms with Crippen molar-refractivity contribution in [2.45, 2.75) is 38.8 Å². The van der Waals surface area contributed by atoms with Crippen LogP contribution in [0.2, 0.25) is 0 Å². The van der Waals surface area contributed by atoms with Gasteiger partial charge in [-0.1, -0.05) is 12.1 Å². The molecule has 1 aliphatic rings. The van der Waals surface area contributed by atoms with Crippen molar-refractivity contribution in [1.82, 2.24) is 5.32 Å². The van der Waals surface area contributed by atoms with Crippen molar-refractivity contribution in [3.05, 3.63) is 35.1 Å². The summed E-state index contributed by atoms with van der Waals surface area (Å²) in [5, 5.41) is 3.38. The van der Waals surface area contributed by atoms with Gasteiger partial charge < -0.3 is 10.1 Å². The third kappa shape index (κ3) is 3.27. The second kappa shape index (κ2) is 5.15. The average molecular weight is 237 g/mol. The Morgan fingerprint density at radius 3 is 2.94 bits per heavy atom. The van der Waals surface area contributed by atoms with Gasteiger partial charge in [-0.2, -0.15) is 0 Å². The van der Waals surface area contributed by atoms with Crippen LogP contribution in [-0.4, -0.2) is 18.8 Å². The molecule has 94 valence electrons. The monoisotopic (exact) mass is 237 g/mol. The molecular formula is C14H20FNO. The first-order valence-corrected chi connectivity index (χ1v) is 6.19. The van der Waals surface area contributed by atoms with Crippen LogP contribution in [0, 0.1) is 12.7 Å². The van der Waals surface area contributed by atoms with Crippen LogP contribution in [0.4, 0.5) is 4.39 Å². The molecule has 1 saturated heterocycles. The summed E-state index contributed by atoms with van der Waals surface area (Å²) in [5.74, 6) is -0.139. The van der Waals surface area contributed by atoms with Gasteiger partial charge in [0.1, 0.15) is 5.82 Å². The predicted octanol–water partition coefficient (Wildman–Crippen LogP) is 2.79. The van der Waals surface area contributed by atoms with Gasteiger partial charge in [0.2, 0.25) is 0 Å². The lowest BCUT2D eigenvalue weighted by molar-refractivity contribution is 0.0207. The summed E-state index contributed by atoms with van der Waals surface area (Å²) in [6.45, 7) is 6.42. The number of hydrogen-bond acceptors (Lipinski definition) is 2. The summed E-state index contributed by atoms with van der Waals surface area (Å²) in [5.41, 5.74) is 1.80. The average Bonchev–Trinajstić information content (AvgIpc) is 2.71. The maximum absolute atomic E-state index is 13.1. The molecule has 0 radical (unpaired) electrons. The minimum Gasteiger partial charge on any atom is -0.374 e. The smallest absolute Gasteiger partial charge is 0.126 e. The van der Waals surface area contributed by atoms with E-state index < -0.39 is 0 Å². The second-order valence-electron chi connectivity index (χ2n) is 5.09. The normalized spacial score (nSPS) is 24.2. The van der Waals surface area contributed by atoms with E-state index in [-0.39, 0.29) is 11.4 Å². The van der Waals surface area contributed by atoms with Crippen molar-refractivity contribution in [2.24, 2.45) is 0 Å². The van der Waals surface area contributed by atoms with Crippen molar-refractivity contribution >= 4 is 0 Å². The number of aryl methyl sites for hydroxylation is 1. The quantitative estimate of drug-likeness (QED) is 0.869. The number of nitrogens with one attached hydrogen (secondary N) is 1. The molecule has 1 atom stereocenters. The summed E-state index contributed by atoms with van der Waals surface area (Å²) in [7, 11) is 0. The molecule has 1 aromatic carbocycles. The Hall–Kier alpha value is -0.930. The van der Waals surface area contributed by atoms with Gasteiger partial charge in [0, 0.05) is 19.7 Å². The van der Waals surface area contributed by atoms with Gasteiger partial charge in [-0.25, -0.2) is 4.39 Å². The first kappa shape index (κ1) is 12.5. The second-order valence-corrected chi connectivity index (χ2v) is 5.09. The molecule has 1 fully saturated rings. The molecule has 1 aromatic rings. The van der Waals surface area contributed by atoms with Crippen molar-refractivity contribution in [3.8, 4) is 0 Å². The van der Waals surface area contributed by atoms with Crippen LogP contribution < -0.4 is 5.32 Å². The fourth-order valence-electron chi connectivity index (χ4n) is 2.26. The molecule has 1 unspecified atom stereocenters. The van der Waals surface area contributed by atoms with Crippen LogP contribution in [0.15, 0.2) is 18.2 Å². The Bertz CT molecular complexity index is 386. The van der Waals surface area contributed by atoms with E-state index in [1.807, 2.05) is 12.1 Å². The zero-order chi connectivity index (χ0) is 12.3. The summed E-state index contributed by atoms with van der Waals surface area (Å²) in [4.78, 5) is 0. The number of hydrogen-bond donors (Lipinski definition) is 1. The highest BCUT2D eigenvalue weighted by Gasteiger charge is 2.28. The van der Waals surface area contributed by atoms with E-state index in [2.05, 4.69) is 12.2 Å². The van der Waals surface area contributed by atoms with E-state index in [4.69, 9.17) is 4.74 Å². The molecular weight excluding hydrogens is 217 g/mol. The first-order chi connectivity index (χ1) is 8.09. The van der Waals surface area contributed by atoms with Gasteiger partial charge in [-0.3, -0.25) is 0 Å². The molecule has 1 heterocycles. The Morgan fingerprint density at radius 1 is 1.47 bits per heavy atom. The van der Waals surface area contributed by atoms with E-state index in [1.165, 1.54) is 6.07 Å². The Morgan fingerprint density at radius 2 is 2.29 bits per heavy atom. The Balaban J connectivity index is 1.83. The highest BCUT2D eigenvalue weighted by Crippen LogP contribution is 2.24. The first-order valence-electron chi connectivity index (χ1n) is 6.19. The topological polar surface area (TPSA) is 21.3 Å². The van der Waals surface area contributed by atoms with Gasteiger partial charge in [0.15, 0.2) is 0 Å². The lowest BCUT2D eigenvalue weighted by atomic mass is 10.0. The largest absolute Gasteiger partial charge is 0.374 e. The van der Waals surface area contributed by atoms with Crippen LogP contribution in [0.25, 0.3) is 0 Å². The highest BCUT2D eigenvalue weighted by molar-refractivity contribution is 5.23. The third-order valence-electron chi connectivity index (χ3n) is 3.35. The maximum atomic E-state index is 13.1. The van der Waals surface area contributed by atoms with Crippen molar-refractivity contribution in [2.75, 3.05) is 13.2 Å². The summed E-state index contributed by atoms with van der Waals surface area (Å²) in [6, 6.07) is 5.24. The SMILES string of the molecule is Cc1cc(CNCC2(C)CCCO2)ccc1F. The molecule has 0 aromatic heterocycles. The van der Waals surface area contributed by atoms with Crippen molar-refractivity contribution in [1.29, 1.82) is 0 Å². The number of halogens is 1. The zero-order valence-corrected chi connectivity index (χ0v) is 10.6. The molecule has 0 amide bonds. The molecule has 2 rings (SSSR count). The molecule has 0 saturated carbocycles. The summed E-state index contributed by atoms with van der Waals surface area (Å²) >= 11 is 0. The minimum atomic E-state index is -0.139. The molecule has 17 heavy (non-hydrogen) atoms. The van der Waals surface area contributed by atoms with Gasteiger partial charge in [0.25, 0.3) is 0 Å². The predicted molar refractivity (Wildman–Crippen MR) is 66.4 cm³/mol. The van der Waals surface area contributed by atoms with E-state index >= 15 is 0 Å². The standard InChI is InChI=1S/C14H20FNO/c1-11-8-12(4-5-13(11)15)9-16-10-14(2)6-3-7-17-14/h4-5,8,16H,3,6-7,9-10H2,1-2H3. The molecule has 0 spiro atoms. The van der Waals surface area contributed by atoms with Gasteiger partial charge in [0.05, 0.1) is 5.60 Å². The molecule has 0 bridgehead atoms. The summed E-state index contributed by atoms with van der Waals surface area (Å²) < 4.78 is 18.8. The van der Waals surface area contributed by atoms with Crippen molar-refractivity contribution < 1.29 is 9.13 Å². The van der Waals surface area contributed by atoms with E-state index in [9.17, 15) is 4.39 Å². The van der Waals surface area contributed by atoms with Crippen LogP contribution in [0.1, 0.15) is 30.9 Å². The highest BCUT2D eigenvalue weighted by atomic mass is 19.1. The van der Waals surface area contributed by atoms with E-state index in [0.717, 1.165) is 38.1 Å². The Labute approximate surface area is 102 Å². The van der Waals surface area contributed by atoms with Crippen molar-refractivity contribution in [3.63, 3.8) is 0 Å². The fourth-order valence-corrected chi connectivity index (χ4v) is 2.26. The lowest BCUT2D eigenvalue weighted by Gasteiger charge is -2.23. The van der Waals surface area contributed by atoms with E-state index in [1.54, 1.807) is 6.92 Å². The van der Waals surface area contributed by atoms with Crippen LogP contribution in [-0.2, 0) is 11.3 Å². The minimum absolute atomic E-state index is 0.0188. The number of ether oxygens (including phenoxy) is 1. The molecule has 0 aliphatic carbocycles. The Kier molecular flexibility index (Phi) is 3.79. The zero-order valence-electron chi connectivity index (χ0n) is 10.6. The van der Waals surface area contributed by atoms with Crippen LogP contribution >= 0.6 is 0 Å². The number of rotatable bonds is 4. The number of benzene rings is 1. The van der Waals surface area contributed by atoms with Crippen LogP contribution in [0.5, 0.6) is 0 Å². The fraction of sp³-hybridized carbons (Fsp3) is 0.571. The maximum Gasteiger partial charge on any atom is 0.126 e. The summed E-state index contributed by atoms with van der Waals surface area (Å²) in [6.07, 6.45) is 2.26. The van der Waals surface area contributed by atoms with Gasteiger partial charge in [-0.15, -0.1) is 0 Å². The molecule has 1 N–H and O–H groups in total. The van der Waals surface area contributed by atoms with Gasteiger partial charge in [-0.05, 0) is 43.9 Å². The van der Waals surface area contributed by atoms with E-state index in [0.29, 0.717) is 5.56 Å². The third-order valence-corrected chi connectivity index (χ3v) is 3.35.